The summed E-state index contributed by atoms with van der Waals surface area (Å²) in [6.07, 6.45) is 5.91. The van der Waals surface area contributed by atoms with E-state index in [1.165, 1.54) is 6.08 Å². The fourth-order valence-electron chi connectivity index (χ4n) is 0.759. The van der Waals surface area contributed by atoms with Gasteiger partial charge in [-0.1, -0.05) is 32.1 Å². The number of rotatable bonds is 5. The monoisotopic (exact) mass is 168 g/mol. The van der Waals surface area contributed by atoms with Gasteiger partial charge in [0.15, 0.2) is 0 Å². The molecule has 1 unspecified atom stereocenters. The predicted molar refractivity (Wildman–Crippen MR) is 49.9 cm³/mol. The number of hydrogen-bond donors (Lipinski definition) is 1. The fourth-order valence-corrected chi connectivity index (χ4v) is 0.759. The second kappa shape index (κ2) is 5.58. The lowest BCUT2D eigenvalue weighted by Crippen LogP contribution is -2.07. The third kappa shape index (κ3) is 4.72. The predicted octanol–water partition coefficient (Wildman–Crippen LogP) is 2.48. The van der Waals surface area contributed by atoms with Crippen LogP contribution in [0.25, 0.3) is 0 Å². The van der Waals surface area contributed by atoms with Crippen molar-refractivity contribution in [3.05, 3.63) is 24.8 Å². The van der Waals surface area contributed by atoms with Crippen molar-refractivity contribution in [1.82, 2.24) is 0 Å². The Balaban J connectivity index is 3.93. The Kier molecular flexibility index (Phi) is 5.09. The zero-order valence-electron chi connectivity index (χ0n) is 7.66. The van der Waals surface area contributed by atoms with Gasteiger partial charge < -0.3 is 5.11 Å². The second-order valence-electron chi connectivity index (χ2n) is 3.16. The van der Waals surface area contributed by atoms with Crippen LogP contribution >= 0.6 is 0 Å². The Bertz CT molecular complexity index is 180. The molecule has 0 saturated carbocycles. The highest BCUT2D eigenvalue weighted by Gasteiger charge is 2.07. The molecule has 0 aliphatic heterocycles. The van der Waals surface area contributed by atoms with Gasteiger partial charge in [0.25, 0.3) is 0 Å². The van der Waals surface area contributed by atoms with Crippen LogP contribution in [0.15, 0.2) is 24.8 Å². The maximum atomic E-state index is 10.5. The second-order valence-corrected chi connectivity index (χ2v) is 3.16. The van der Waals surface area contributed by atoms with E-state index in [1.54, 1.807) is 6.08 Å². The number of allylic oxidation sites excluding steroid dienone is 1. The van der Waals surface area contributed by atoms with Crippen LogP contribution in [0.3, 0.4) is 0 Å². The minimum Gasteiger partial charge on any atom is -0.481 e. The van der Waals surface area contributed by atoms with Crippen LogP contribution in [0.5, 0.6) is 0 Å². The smallest absolute Gasteiger partial charge is 0.314 e. The molecule has 1 atom stereocenters. The van der Waals surface area contributed by atoms with E-state index in [0.717, 1.165) is 6.42 Å². The van der Waals surface area contributed by atoms with Crippen molar-refractivity contribution in [3.8, 4) is 0 Å². The third-order valence-corrected chi connectivity index (χ3v) is 1.49. The number of carboxylic acids is 1. The van der Waals surface area contributed by atoms with Gasteiger partial charge >= 0.3 is 5.97 Å². The molecule has 0 aromatic heterocycles. The molecule has 68 valence electrons. The average molecular weight is 168 g/mol. The fraction of sp³-hybridized carbons (Fsp3) is 0.500. The van der Waals surface area contributed by atoms with Gasteiger partial charge in [0.2, 0.25) is 0 Å². The summed E-state index contributed by atoms with van der Waals surface area (Å²) < 4.78 is 0. The molecular formula is C10H16O2. The zero-order chi connectivity index (χ0) is 9.56. The molecule has 0 aromatic carbocycles. The van der Waals surface area contributed by atoms with Crippen molar-refractivity contribution in [1.29, 1.82) is 0 Å². The normalized spacial score (nSPS) is 13.6. The molecule has 2 nitrogen and oxygen atoms in total. The molecule has 1 N–H and O–H groups in total. The van der Waals surface area contributed by atoms with Gasteiger partial charge in [-0.25, -0.2) is 0 Å². The summed E-state index contributed by atoms with van der Waals surface area (Å²) >= 11 is 0. The lowest BCUT2D eigenvalue weighted by atomic mass is 10.1. The molecule has 0 bridgehead atoms. The van der Waals surface area contributed by atoms with Crippen molar-refractivity contribution < 1.29 is 9.90 Å². The molecule has 0 aliphatic carbocycles. The molecule has 2 heteroatoms. The van der Waals surface area contributed by atoms with Crippen molar-refractivity contribution >= 4 is 5.97 Å². The molecule has 0 amide bonds. The van der Waals surface area contributed by atoms with Crippen LogP contribution in [-0.4, -0.2) is 11.1 Å². The zero-order valence-corrected chi connectivity index (χ0v) is 7.66. The summed E-state index contributed by atoms with van der Waals surface area (Å²) in [4.78, 5) is 10.5. The van der Waals surface area contributed by atoms with Gasteiger partial charge in [0.1, 0.15) is 0 Å². The molecule has 0 heterocycles. The summed E-state index contributed by atoms with van der Waals surface area (Å²) in [5.41, 5.74) is 0. The van der Waals surface area contributed by atoms with Crippen LogP contribution in [0.1, 0.15) is 20.3 Å². The van der Waals surface area contributed by atoms with E-state index in [-0.39, 0.29) is 0 Å². The minimum absolute atomic E-state index is 0.538. The summed E-state index contributed by atoms with van der Waals surface area (Å²) in [5, 5.41) is 8.62. The Morgan fingerprint density at radius 1 is 1.58 bits per heavy atom. The molecule has 0 rings (SSSR count). The van der Waals surface area contributed by atoms with Gasteiger partial charge in [0.05, 0.1) is 5.92 Å². The summed E-state index contributed by atoms with van der Waals surface area (Å²) in [5.74, 6) is -0.811. The molecule has 0 fully saturated rings. The SMILES string of the molecule is C=CC(C=CCC(C)C)C(=O)O. The first-order chi connectivity index (χ1) is 5.57. The Morgan fingerprint density at radius 3 is 2.50 bits per heavy atom. The first-order valence-electron chi connectivity index (χ1n) is 4.10. The van der Waals surface area contributed by atoms with E-state index in [2.05, 4.69) is 20.4 Å². The van der Waals surface area contributed by atoms with Gasteiger partial charge in [-0.2, -0.15) is 0 Å². The van der Waals surface area contributed by atoms with Crippen LogP contribution in [0.4, 0.5) is 0 Å². The van der Waals surface area contributed by atoms with E-state index in [0.29, 0.717) is 5.92 Å². The molecule has 0 spiro atoms. The Hall–Kier alpha value is -1.05. The van der Waals surface area contributed by atoms with Gasteiger partial charge in [-0.05, 0) is 12.3 Å². The lowest BCUT2D eigenvalue weighted by molar-refractivity contribution is -0.138. The van der Waals surface area contributed by atoms with Crippen LogP contribution in [-0.2, 0) is 4.79 Å². The highest BCUT2D eigenvalue weighted by Crippen LogP contribution is 2.05. The number of hydrogen-bond acceptors (Lipinski definition) is 1. The molecule has 12 heavy (non-hydrogen) atoms. The van der Waals surface area contributed by atoms with E-state index >= 15 is 0 Å². The minimum atomic E-state index is -0.843. The maximum Gasteiger partial charge on any atom is 0.314 e. The highest BCUT2D eigenvalue weighted by molar-refractivity contribution is 5.74. The largest absolute Gasteiger partial charge is 0.481 e. The van der Waals surface area contributed by atoms with E-state index < -0.39 is 11.9 Å². The van der Waals surface area contributed by atoms with Gasteiger partial charge in [-0.15, -0.1) is 6.58 Å². The van der Waals surface area contributed by atoms with Crippen LogP contribution in [0, 0.1) is 11.8 Å². The maximum absolute atomic E-state index is 10.5. The summed E-state index contributed by atoms with van der Waals surface area (Å²) in [7, 11) is 0. The van der Waals surface area contributed by atoms with Crippen molar-refractivity contribution in [2.45, 2.75) is 20.3 Å². The Labute approximate surface area is 73.6 Å². The highest BCUT2D eigenvalue weighted by atomic mass is 16.4. The van der Waals surface area contributed by atoms with E-state index in [9.17, 15) is 4.79 Å². The van der Waals surface area contributed by atoms with Gasteiger partial charge in [0, 0.05) is 0 Å². The average Bonchev–Trinajstić information content (AvgIpc) is 1.96. The van der Waals surface area contributed by atoms with Crippen LogP contribution in [0.2, 0.25) is 0 Å². The van der Waals surface area contributed by atoms with E-state index in [4.69, 9.17) is 5.11 Å². The molecule has 0 aliphatic rings. The Morgan fingerprint density at radius 2 is 2.17 bits per heavy atom. The number of aliphatic carboxylic acids is 1. The van der Waals surface area contributed by atoms with Gasteiger partial charge in [-0.3, -0.25) is 4.79 Å². The first kappa shape index (κ1) is 11.0. The first-order valence-corrected chi connectivity index (χ1v) is 4.10. The van der Waals surface area contributed by atoms with Crippen molar-refractivity contribution in [3.63, 3.8) is 0 Å². The third-order valence-electron chi connectivity index (χ3n) is 1.49. The standard InChI is InChI=1S/C10H16O2/c1-4-9(10(11)12)7-5-6-8(2)3/h4-5,7-9H,1,6H2,2-3H3,(H,11,12). The lowest BCUT2D eigenvalue weighted by Gasteiger charge is -2.00. The quantitative estimate of drug-likeness (QED) is 0.640. The summed E-state index contributed by atoms with van der Waals surface area (Å²) in [6.45, 7) is 7.63. The molecule has 0 radical (unpaired) electrons. The van der Waals surface area contributed by atoms with Crippen molar-refractivity contribution in [2.24, 2.45) is 11.8 Å². The number of carbonyl (C=O) groups is 1. The topological polar surface area (TPSA) is 37.3 Å². The summed E-state index contributed by atoms with van der Waals surface area (Å²) in [6, 6.07) is 0. The molecule has 0 aromatic rings. The molecular weight excluding hydrogens is 152 g/mol. The number of carboxylic acid groups (broad SMARTS) is 1. The van der Waals surface area contributed by atoms with Crippen LogP contribution < -0.4 is 0 Å². The van der Waals surface area contributed by atoms with Crippen molar-refractivity contribution in [2.75, 3.05) is 0 Å². The molecule has 0 saturated heterocycles. The van der Waals surface area contributed by atoms with E-state index in [1.807, 2.05) is 6.08 Å².